The molecule has 5 heteroatoms. The molecule has 0 aliphatic carbocycles. The molecular weight excluding hydrogens is 302 g/mol. The minimum Gasteiger partial charge on any atom is -0.373 e. The van der Waals surface area contributed by atoms with Crippen LogP contribution in [0.5, 0.6) is 0 Å². The molecule has 132 valence electrons. The Morgan fingerprint density at radius 1 is 1.25 bits per heavy atom. The first kappa shape index (κ1) is 17.4. The van der Waals surface area contributed by atoms with Crippen molar-refractivity contribution in [3.05, 3.63) is 35.4 Å². The summed E-state index contributed by atoms with van der Waals surface area (Å²) in [7, 11) is 0. The lowest BCUT2D eigenvalue weighted by Crippen LogP contribution is -2.45. The summed E-state index contributed by atoms with van der Waals surface area (Å²) in [6.45, 7) is 8.62. The first-order chi connectivity index (χ1) is 11.6. The minimum atomic E-state index is -0.0156. The van der Waals surface area contributed by atoms with E-state index in [2.05, 4.69) is 47.6 Å². The Labute approximate surface area is 144 Å². The van der Waals surface area contributed by atoms with E-state index in [9.17, 15) is 4.79 Å². The van der Waals surface area contributed by atoms with Crippen molar-refractivity contribution in [3.8, 4) is 0 Å². The van der Waals surface area contributed by atoms with Crippen LogP contribution in [-0.2, 0) is 22.6 Å². The molecule has 2 saturated heterocycles. The minimum absolute atomic E-state index is 0.0156. The van der Waals surface area contributed by atoms with E-state index in [0.717, 1.165) is 39.0 Å². The van der Waals surface area contributed by atoms with Gasteiger partial charge in [0, 0.05) is 26.2 Å². The average Bonchev–Trinajstić information content (AvgIpc) is 3.07. The van der Waals surface area contributed by atoms with Crippen LogP contribution in [0.1, 0.15) is 37.8 Å². The predicted octanol–water partition coefficient (Wildman–Crippen LogP) is 1.66. The first-order valence-corrected chi connectivity index (χ1v) is 9.07. The summed E-state index contributed by atoms with van der Waals surface area (Å²) in [4.78, 5) is 14.6. The van der Waals surface area contributed by atoms with Gasteiger partial charge >= 0.3 is 0 Å². The summed E-state index contributed by atoms with van der Waals surface area (Å²) in [5.74, 6) is 0.121. The zero-order chi connectivity index (χ0) is 16.9. The van der Waals surface area contributed by atoms with Gasteiger partial charge in [-0.25, -0.2) is 0 Å². The topological polar surface area (TPSA) is 53.6 Å². The fraction of sp³-hybridized carbons (Fsp3) is 0.632. The van der Waals surface area contributed by atoms with Gasteiger partial charge in [0.15, 0.2) is 0 Å². The van der Waals surface area contributed by atoms with E-state index in [1.165, 1.54) is 11.1 Å². The van der Waals surface area contributed by atoms with Crippen LogP contribution in [0.25, 0.3) is 0 Å². The van der Waals surface area contributed by atoms with Gasteiger partial charge in [0.25, 0.3) is 0 Å². The van der Waals surface area contributed by atoms with E-state index >= 15 is 0 Å². The van der Waals surface area contributed by atoms with Crippen molar-refractivity contribution in [2.24, 2.45) is 0 Å². The SMILES string of the molecule is CC1CN(Cc2ccccc2CNC(=O)C2CCCN2)CC(C)O1. The third-order valence-corrected chi connectivity index (χ3v) is 4.84. The number of ether oxygens (including phenoxy) is 1. The lowest BCUT2D eigenvalue weighted by atomic mass is 10.1. The molecule has 0 aromatic heterocycles. The smallest absolute Gasteiger partial charge is 0.237 e. The molecule has 2 heterocycles. The Bertz CT molecular complexity index is 547. The van der Waals surface area contributed by atoms with E-state index in [-0.39, 0.29) is 24.2 Å². The number of hydrogen-bond donors (Lipinski definition) is 2. The molecule has 0 radical (unpaired) electrons. The van der Waals surface area contributed by atoms with Gasteiger partial charge in [-0.05, 0) is 44.4 Å². The van der Waals surface area contributed by atoms with E-state index in [1.807, 2.05) is 6.07 Å². The van der Waals surface area contributed by atoms with Crippen LogP contribution in [0.15, 0.2) is 24.3 Å². The lowest BCUT2D eigenvalue weighted by Gasteiger charge is -2.35. The van der Waals surface area contributed by atoms with Crippen LogP contribution in [0.4, 0.5) is 0 Å². The Morgan fingerprint density at radius 2 is 1.96 bits per heavy atom. The van der Waals surface area contributed by atoms with Crippen molar-refractivity contribution in [1.82, 2.24) is 15.5 Å². The molecule has 0 bridgehead atoms. The zero-order valence-corrected chi connectivity index (χ0v) is 14.8. The monoisotopic (exact) mass is 331 g/mol. The molecule has 0 saturated carbocycles. The standard InChI is InChI=1S/C19H29N3O2/c1-14-11-22(12-15(2)24-14)13-17-7-4-3-6-16(17)10-21-19(23)18-8-5-9-20-18/h3-4,6-7,14-15,18,20H,5,8-13H2,1-2H3,(H,21,23). The van der Waals surface area contributed by atoms with Crippen LogP contribution in [0, 0.1) is 0 Å². The normalized spacial score (nSPS) is 28.0. The predicted molar refractivity (Wildman–Crippen MR) is 94.6 cm³/mol. The maximum absolute atomic E-state index is 12.2. The summed E-state index contributed by atoms with van der Waals surface area (Å²) < 4.78 is 5.81. The number of nitrogens with zero attached hydrogens (tertiary/aromatic N) is 1. The number of nitrogens with one attached hydrogen (secondary N) is 2. The van der Waals surface area contributed by atoms with Crippen molar-refractivity contribution >= 4 is 5.91 Å². The highest BCUT2D eigenvalue weighted by Crippen LogP contribution is 2.17. The third-order valence-electron chi connectivity index (χ3n) is 4.84. The Hall–Kier alpha value is -1.43. The van der Waals surface area contributed by atoms with Gasteiger partial charge in [-0.2, -0.15) is 0 Å². The number of carbonyl (C=O) groups is 1. The maximum atomic E-state index is 12.2. The maximum Gasteiger partial charge on any atom is 0.237 e. The van der Waals surface area contributed by atoms with Gasteiger partial charge in [0.05, 0.1) is 18.2 Å². The fourth-order valence-electron chi connectivity index (χ4n) is 3.75. The van der Waals surface area contributed by atoms with Crippen molar-refractivity contribution in [1.29, 1.82) is 0 Å². The van der Waals surface area contributed by atoms with E-state index < -0.39 is 0 Å². The van der Waals surface area contributed by atoms with Gasteiger partial charge in [0.2, 0.25) is 5.91 Å². The molecule has 24 heavy (non-hydrogen) atoms. The highest BCUT2D eigenvalue weighted by molar-refractivity contribution is 5.82. The number of hydrogen-bond acceptors (Lipinski definition) is 4. The van der Waals surface area contributed by atoms with E-state index in [4.69, 9.17) is 4.74 Å². The second kappa shape index (κ2) is 8.10. The van der Waals surface area contributed by atoms with E-state index in [1.54, 1.807) is 0 Å². The summed E-state index contributed by atoms with van der Waals surface area (Å²) in [6.07, 6.45) is 2.57. The molecule has 5 nitrogen and oxygen atoms in total. The summed E-state index contributed by atoms with van der Waals surface area (Å²) in [5, 5.41) is 6.34. The highest BCUT2D eigenvalue weighted by Gasteiger charge is 2.24. The number of morpholine rings is 1. The summed E-state index contributed by atoms with van der Waals surface area (Å²) >= 11 is 0. The quantitative estimate of drug-likeness (QED) is 0.862. The highest BCUT2D eigenvalue weighted by atomic mass is 16.5. The molecule has 1 amide bonds. The number of rotatable bonds is 5. The zero-order valence-electron chi connectivity index (χ0n) is 14.8. The van der Waals surface area contributed by atoms with E-state index in [0.29, 0.717) is 6.54 Å². The number of amides is 1. The van der Waals surface area contributed by atoms with Crippen LogP contribution >= 0.6 is 0 Å². The number of benzene rings is 1. The molecule has 1 aromatic rings. The van der Waals surface area contributed by atoms with Gasteiger partial charge in [-0.15, -0.1) is 0 Å². The average molecular weight is 331 g/mol. The third kappa shape index (κ3) is 4.56. The molecule has 0 spiro atoms. The Morgan fingerprint density at radius 3 is 2.62 bits per heavy atom. The van der Waals surface area contributed by atoms with Crippen molar-refractivity contribution < 1.29 is 9.53 Å². The molecule has 2 aliphatic rings. The molecule has 3 rings (SSSR count). The molecule has 2 aliphatic heterocycles. The van der Waals surface area contributed by atoms with Crippen molar-refractivity contribution in [2.45, 2.75) is 58.0 Å². The lowest BCUT2D eigenvalue weighted by molar-refractivity contribution is -0.122. The Kier molecular flexibility index (Phi) is 5.87. The molecule has 3 unspecified atom stereocenters. The molecule has 2 N–H and O–H groups in total. The largest absolute Gasteiger partial charge is 0.373 e. The van der Waals surface area contributed by atoms with Crippen molar-refractivity contribution in [2.75, 3.05) is 19.6 Å². The first-order valence-electron chi connectivity index (χ1n) is 9.07. The van der Waals surface area contributed by atoms with Gasteiger partial charge in [-0.3, -0.25) is 9.69 Å². The molecule has 2 fully saturated rings. The van der Waals surface area contributed by atoms with Crippen LogP contribution in [0.3, 0.4) is 0 Å². The summed E-state index contributed by atoms with van der Waals surface area (Å²) in [6, 6.07) is 8.39. The molecule has 3 atom stereocenters. The molecule has 1 aromatic carbocycles. The Balaban J connectivity index is 1.59. The second-order valence-corrected chi connectivity index (χ2v) is 7.09. The second-order valence-electron chi connectivity index (χ2n) is 7.09. The molecular formula is C19H29N3O2. The number of carbonyl (C=O) groups excluding carboxylic acids is 1. The van der Waals surface area contributed by atoms with Crippen LogP contribution < -0.4 is 10.6 Å². The van der Waals surface area contributed by atoms with Gasteiger partial charge in [0.1, 0.15) is 0 Å². The van der Waals surface area contributed by atoms with Crippen molar-refractivity contribution in [3.63, 3.8) is 0 Å². The van der Waals surface area contributed by atoms with Crippen LogP contribution in [0.2, 0.25) is 0 Å². The fourth-order valence-corrected chi connectivity index (χ4v) is 3.75. The van der Waals surface area contributed by atoms with Gasteiger partial charge < -0.3 is 15.4 Å². The summed E-state index contributed by atoms with van der Waals surface area (Å²) in [5.41, 5.74) is 2.49. The van der Waals surface area contributed by atoms with Crippen LogP contribution in [-0.4, -0.2) is 48.7 Å². The van der Waals surface area contributed by atoms with Gasteiger partial charge in [-0.1, -0.05) is 24.3 Å².